The van der Waals surface area contributed by atoms with Crippen LogP contribution in [0.25, 0.3) is 0 Å². The molecule has 9 heteroatoms. The van der Waals surface area contributed by atoms with Crippen molar-refractivity contribution in [2.24, 2.45) is 4.99 Å². The number of aromatic nitrogens is 2. The number of halogens is 1. The maximum atomic E-state index is 5.44. The van der Waals surface area contributed by atoms with E-state index in [0.29, 0.717) is 6.79 Å². The fourth-order valence-electron chi connectivity index (χ4n) is 3.32. The second-order valence-electron chi connectivity index (χ2n) is 6.43. The van der Waals surface area contributed by atoms with Crippen molar-refractivity contribution in [3.05, 3.63) is 42.2 Å². The molecule has 1 aromatic carbocycles. The van der Waals surface area contributed by atoms with Crippen molar-refractivity contribution in [3.63, 3.8) is 0 Å². The molecule has 0 saturated carbocycles. The van der Waals surface area contributed by atoms with Gasteiger partial charge in [0.05, 0.1) is 0 Å². The Kier molecular flexibility index (Phi) is 7.12. The highest BCUT2D eigenvalue weighted by Gasteiger charge is 2.21. The first-order chi connectivity index (χ1) is 13.3. The van der Waals surface area contributed by atoms with E-state index in [1.807, 2.05) is 25.2 Å². The highest BCUT2D eigenvalue weighted by molar-refractivity contribution is 14.0. The summed E-state index contributed by atoms with van der Waals surface area (Å²) in [5.74, 6) is 3.38. The number of aliphatic imine (C=N–C) groups is 1. The fourth-order valence-corrected chi connectivity index (χ4v) is 3.32. The van der Waals surface area contributed by atoms with Crippen molar-refractivity contribution in [3.8, 4) is 11.5 Å². The summed E-state index contributed by atoms with van der Waals surface area (Å²) in [5.41, 5.74) is 1.22. The van der Waals surface area contributed by atoms with Crippen molar-refractivity contribution in [1.82, 2.24) is 20.2 Å². The Balaban J connectivity index is 0.00000225. The van der Waals surface area contributed by atoms with Gasteiger partial charge in [0.15, 0.2) is 17.5 Å². The molecule has 8 nitrogen and oxygen atoms in total. The minimum Gasteiger partial charge on any atom is -0.454 e. The largest absolute Gasteiger partial charge is 0.454 e. The Hall–Kier alpha value is -2.30. The predicted molar refractivity (Wildman–Crippen MR) is 119 cm³/mol. The average Bonchev–Trinajstić information content (AvgIpc) is 3.20. The number of guanidine groups is 1. The molecule has 0 radical (unpaired) electrons. The van der Waals surface area contributed by atoms with Gasteiger partial charge in [0.2, 0.25) is 12.7 Å². The number of fused-ring (bicyclic) bond motifs is 1. The first-order valence-corrected chi connectivity index (χ1v) is 9.19. The third-order valence-corrected chi connectivity index (χ3v) is 4.76. The Morgan fingerprint density at radius 2 is 1.86 bits per heavy atom. The summed E-state index contributed by atoms with van der Waals surface area (Å²) in [6.07, 6.45) is 4.46. The van der Waals surface area contributed by atoms with Crippen molar-refractivity contribution in [1.29, 1.82) is 0 Å². The molecule has 3 heterocycles. The summed E-state index contributed by atoms with van der Waals surface area (Å²) in [4.78, 5) is 17.6. The fraction of sp³-hybridized carbons (Fsp3) is 0.421. The minimum atomic E-state index is 0. The van der Waals surface area contributed by atoms with E-state index in [1.165, 1.54) is 5.56 Å². The number of ether oxygens (including phenoxy) is 2. The van der Waals surface area contributed by atoms with Crippen LogP contribution in [0.3, 0.4) is 0 Å². The van der Waals surface area contributed by atoms with E-state index in [1.54, 1.807) is 12.4 Å². The zero-order valence-electron chi connectivity index (χ0n) is 15.9. The van der Waals surface area contributed by atoms with Crippen molar-refractivity contribution < 1.29 is 9.47 Å². The molecule has 1 N–H and O–H groups in total. The molecule has 0 spiro atoms. The van der Waals surface area contributed by atoms with Crippen LogP contribution in [-0.2, 0) is 6.42 Å². The second-order valence-corrected chi connectivity index (χ2v) is 6.43. The van der Waals surface area contributed by atoms with E-state index in [-0.39, 0.29) is 24.0 Å². The van der Waals surface area contributed by atoms with Gasteiger partial charge in [-0.3, -0.25) is 4.99 Å². The standard InChI is InChI=1S/C19H24N6O2.HI/c1-20-18(23-8-5-15-3-4-16-17(13-15)27-14-26-16)24-9-11-25(12-10-24)19-21-6-2-7-22-19;/h2-4,6-7,13H,5,8-12,14H2,1H3,(H,20,23);1H. The first-order valence-electron chi connectivity index (χ1n) is 9.19. The van der Waals surface area contributed by atoms with Crippen molar-refractivity contribution in [2.75, 3.05) is 51.5 Å². The molecule has 0 bridgehead atoms. The summed E-state index contributed by atoms with van der Waals surface area (Å²) in [7, 11) is 1.83. The molecule has 0 unspecified atom stereocenters. The number of benzene rings is 1. The van der Waals surface area contributed by atoms with Crippen LogP contribution in [0.2, 0.25) is 0 Å². The van der Waals surface area contributed by atoms with Gasteiger partial charge in [0, 0.05) is 52.2 Å². The highest BCUT2D eigenvalue weighted by atomic mass is 127. The van der Waals surface area contributed by atoms with E-state index < -0.39 is 0 Å². The van der Waals surface area contributed by atoms with Gasteiger partial charge in [-0.15, -0.1) is 24.0 Å². The molecule has 0 aliphatic carbocycles. The summed E-state index contributed by atoms with van der Waals surface area (Å²) in [5, 5.41) is 3.46. The quantitative estimate of drug-likeness (QED) is 0.393. The normalized spacial score (nSPS) is 16.0. The van der Waals surface area contributed by atoms with Crippen LogP contribution in [-0.4, -0.2) is 67.4 Å². The van der Waals surface area contributed by atoms with E-state index in [9.17, 15) is 0 Å². The van der Waals surface area contributed by atoms with Gasteiger partial charge in [-0.2, -0.15) is 0 Å². The van der Waals surface area contributed by atoms with Gasteiger partial charge in [0.25, 0.3) is 0 Å². The summed E-state index contributed by atoms with van der Waals surface area (Å²) < 4.78 is 10.8. The molecule has 28 heavy (non-hydrogen) atoms. The molecule has 2 aliphatic heterocycles. The monoisotopic (exact) mass is 496 g/mol. The van der Waals surface area contributed by atoms with Gasteiger partial charge in [0.1, 0.15) is 0 Å². The maximum absolute atomic E-state index is 5.44. The number of anilines is 1. The van der Waals surface area contributed by atoms with Gasteiger partial charge in [-0.05, 0) is 30.2 Å². The van der Waals surface area contributed by atoms with Crippen LogP contribution < -0.4 is 19.7 Å². The molecular weight excluding hydrogens is 471 g/mol. The number of piperazine rings is 1. The van der Waals surface area contributed by atoms with E-state index in [0.717, 1.165) is 62.6 Å². The maximum Gasteiger partial charge on any atom is 0.231 e. The zero-order chi connectivity index (χ0) is 18.5. The molecule has 150 valence electrons. The van der Waals surface area contributed by atoms with Gasteiger partial charge >= 0.3 is 0 Å². The topological polar surface area (TPSA) is 75.1 Å². The lowest BCUT2D eigenvalue weighted by Gasteiger charge is -2.36. The average molecular weight is 496 g/mol. The number of hydrogen-bond donors (Lipinski definition) is 1. The lowest BCUT2D eigenvalue weighted by molar-refractivity contribution is 0.174. The smallest absolute Gasteiger partial charge is 0.231 e. The minimum absolute atomic E-state index is 0. The molecular formula is C19H25IN6O2. The van der Waals surface area contributed by atoms with E-state index in [2.05, 4.69) is 36.1 Å². The first kappa shape index (κ1) is 20.4. The van der Waals surface area contributed by atoms with Gasteiger partial charge < -0.3 is 24.6 Å². The van der Waals surface area contributed by atoms with Crippen LogP contribution in [0.1, 0.15) is 5.56 Å². The molecule has 2 aromatic rings. The molecule has 4 rings (SSSR count). The third kappa shape index (κ3) is 4.75. The number of rotatable bonds is 4. The number of nitrogens with zero attached hydrogens (tertiary/aromatic N) is 5. The number of hydrogen-bond acceptors (Lipinski definition) is 6. The Morgan fingerprint density at radius 1 is 1.11 bits per heavy atom. The van der Waals surface area contributed by atoms with E-state index in [4.69, 9.17) is 9.47 Å². The lowest BCUT2D eigenvalue weighted by Crippen LogP contribution is -2.53. The summed E-state index contributed by atoms with van der Waals surface area (Å²) in [6.45, 7) is 4.67. The van der Waals surface area contributed by atoms with Crippen molar-refractivity contribution >= 4 is 35.9 Å². The Bertz CT molecular complexity index is 796. The Morgan fingerprint density at radius 3 is 2.61 bits per heavy atom. The summed E-state index contributed by atoms with van der Waals surface area (Å²) >= 11 is 0. The predicted octanol–water partition coefficient (Wildman–Crippen LogP) is 1.76. The van der Waals surface area contributed by atoms with Gasteiger partial charge in [-0.1, -0.05) is 6.07 Å². The molecule has 1 saturated heterocycles. The lowest BCUT2D eigenvalue weighted by atomic mass is 10.1. The van der Waals surface area contributed by atoms with Gasteiger partial charge in [-0.25, -0.2) is 9.97 Å². The van der Waals surface area contributed by atoms with Crippen LogP contribution in [0.5, 0.6) is 11.5 Å². The second kappa shape index (κ2) is 9.76. The van der Waals surface area contributed by atoms with Crippen LogP contribution in [0.4, 0.5) is 5.95 Å². The van der Waals surface area contributed by atoms with Crippen LogP contribution >= 0.6 is 24.0 Å². The molecule has 2 aliphatic rings. The van der Waals surface area contributed by atoms with Crippen LogP contribution in [0.15, 0.2) is 41.7 Å². The van der Waals surface area contributed by atoms with Crippen molar-refractivity contribution in [2.45, 2.75) is 6.42 Å². The highest BCUT2D eigenvalue weighted by Crippen LogP contribution is 2.32. The third-order valence-electron chi connectivity index (χ3n) is 4.76. The molecule has 1 aromatic heterocycles. The zero-order valence-corrected chi connectivity index (χ0v) is 18.2. The summed E-state index contributed by atoms with van der Waals surface area (Å²) in [6, 6.07) is 7.94. The Labute approximate surface area is 182 Å². The number of nitrogens with one attached hydrogen (secondary N) is 1. The molecule has 1 fully saturated rings. The SMILES string of the molecule is CN=C(NCCc1ccc2c(c1)OCO2)N1CCN(c2ncccn2)CC1.I. The van der Waals surface area contributed by atoms with E-state index >= 15 is 0 Å². The molecule has 0 amide bonds. The molecule has 0 atom stereocenters. The van der Waals surface area contributed by atoms with Crippen LogP contribution in [0, 0.1) is 0 Å².